The van der Waals surface area contributed by atoms with Gasteiger partial charge in [-0.3, -0.25) is 0 Å². The third-order valence-electron chi connectivity index (χ3n) is 9.68. The van der Waals surface area contributed by atoms with Gasteiger partial charge in [0.1, 0.15) is 11.2 Å². The number of anilines is 3. The molecule has 8 aromatic carbocycles. The van der Waals surface area contributed by atoms with Crippen molar-refractivity contribution in [3.63, 3.8) is 0 Å². The van der Waals surface area contributed by atoms with Crippen molar-refractivity contribution in [3.05, 3.63) is 176 Å². The molecule has 0 fully saturated rings. The SMILES string of the molecule is c1ccc(-c2ccc(N(c3ccc4c(c3)oc3ccccc34)c3ccc(-c4ccccc4)c4c3sc3ccccc34)c3ccccc23)cc1. The molecule has 0 aliphatic carbocycles. The van der Waals surface area contributed by atoms with Crippen LogP contribution in [0, 0.1) is 0 Å². The van der Waals surface area contributed by atoms with Gasteiger partial charge in [0, 0.05) is 43.4 Å². The van der Waals surface area contributed by atoms with E-state index in [1.54, 1.807) is 0 Å². The van der Waals surface area contributed by atoms with Crippen molar-refractivity contribution >= 4 is 81.3 Å². The van der Waals surface area contributed by atoms with Crippen molar-refractivity contribution in [2.45, 2.75) is 0 Å². The number of para-hydroxylation sites is 1. The lowest BCUT2D eigenvalue weighted by Gasteiger charge is -2.28. The second kappa shape index (κ2) is 11.2. The van der Waals surface area contributed by atoms with Crippen LogP contribution in [0.5, 0.6) is 0 Å². The molecule has 2 nitrogen and oxygen atoms in total. The van der Waals surface area contributed by atoms with E-state index in [4.69, 9.17) is 4.42 Å². The van der Waals surface area contributed by atoms with Gasteiger partial charge in [-0.15, -0.1) is 11.3 Å². The minimum Gasteiger partial charge on any atom is -0.456 e. The van der Waals surface area contributed by atoms with Gasteiger partial charge in [0.05, 0.1) is 16.1 Å². The second-order valence-corrected chi connectivity index (χ2v) is 13.5. The minimum atomic E-state index is 0.877. The average molecular weight is 644 g/mol. The molecule has 0 saturated heterocycles. The van der Waals surface area contributed by atoms with Gasteiger partial charge in [-0.1, -0.05) is 133 Å². The molecule has 49 heavy (non-hydrogen) atoms. The molecule has 0 N–H and O–H groups in total. The Balaban J connectivity index is 1.29. The van der Waals surface area contributed by atoms with Gasteiger partial charge < -0.3 is 9.32 Å². The molecular formula is C46H29NOS. The van der Waals surface area contributed by atoms with Crippen molar-refractivity contribution < 1.29 is 4.42 Å². The average Bonchev–Trinajstić information content (AvgIpc) is 3.75. The van der Waals surface area contributed by atoms with Crippen molar-refractivity contribution in [2.24, 2.45) is 0 Å². The zero-order chi connectivity index (χ0) is 32.3. The van der Waals surface area contributed by atoms with Gasteiger partial charge in [0.15, 0.2) is 0 Å². The minimum absolute atomic E-state index is 0.877. The van der Waals surface area contributed by atoms with Crippen LogP contribution >= 0.6 is 11.3 Å². The van der Waals surface area contributed by atoms with E-state index in [2.05, 4.69) is 169 Å². The molecule has 0 aliphatic heterocycles. The summed E-state index contributed by atoms with van der Waals surface area (Å²) in [5.74, 6) is 0. The summed E-state index contributed by atoms with van der Waals surface area (Å²) < 4.78 is 9.00. The summed E-state index contributed by atoms with van der Waals surface area (Å²) in [6.45, 7) is 0. The molecule has 230 valence electrons. The number of hydrogen-bond acceptors (Lipinski definition) is 3. The van der Waals surface area contributed by atoms with E-state index in [0.717, 1.165) is 39.0 Å². The molecule has 0 atom stereocenters. The highest BCUT2D eigenvalue weighted by molar-refractivity contribution is 7.26. The lowest BCUT2D eigenvalue weighted by molar-refractivity contribution is 0.669. The highest BCUT2D eigenvalue weighted by Crippen LogP contribution is 2.50. The summed E-state index contributed by atoms with van der Waals surface area (Å²) in [6, 6.07) is 63.2. The Kier molecular flexibility index (Phi) is 6.39. The van der Waals surface area contributed by atoms with Crippen LogP contribution in [0.25, 0.3) is 75.1 Å². The second-order valence-electron chi connectivity index (χ2n) is 12.5. The Morgan fingerprint density at radius 3 is 1.80 bits per heavy atom. The molecule has 2 aromatic heterocycles. The predicted molar refractivity (Wildman–Crippen MR) is 210 cm³/mol. The molecule has 0 amide bonds. The van der Waals surface area contributed by atoms with Crippen LogP contribution in [0.15, 0.2) is 180 Å². The molecule has 0 bridgehead atoms. The number of nitrogens with zero attached hydrogens (tertiary/aromatic N) is 1. The number of hydrogen-bond donors (Lipinski definition) is 0. The fraction of sp³-hybridized carbons (Fsp3) is 0. The van der Waals surface area contributed by atoms with E-state index in [1.807, 2.05) is 23.5 Å². The third-order valence-corrected chi connectivity index (χ3v) is 10.9. The molecular weight excluding hydrogens is 615 g/mol. The fourth-order valence-corrected chi connectivity index (χ4v) is 8.69. The van der Waals surface area contributed by atoms with E-state index in [1.165, 1.54) is 53.2 Å². The van der Waals surface area contributed by atoms with Crippen molar-refractivity contribution in [1.29, 1.82) is 0 Å². The lowest BCUT2D eigenvalue weighted by atomic mass is 9.95. The number of benzene rings is 8. The Labute approximate surface area is 287 Å². The number of thiophene rings is 1. The Bertz CT molecular complexity index is 2830. The first-order chi connectivity index (χ1) is 24.3. The van der Waals surface area contributed by atoms with E-state index in [0.29, 0.717) is 0 Å². The molecule has 0 unspecified atom stereocenters. The fourth-order valence-electron chi connectivity index (χ4n) is 7.46. The molecule has 2 heterocycles. The first-order valence-electron chi connectivity index (χ1n) is 16.6. The lowest BCUT2D eigenvalue weighted by Crippen LogP contribution is -2.11. The highest BCUT2D eigenvalue weighted by Gasteiger charge is 2.23. The van der Waals surface area contributed by atoms with E-state index in [9.17, 15) is 0 Å². The smallest absolute Gasteiger partial charge is 0.137 e. The molecule has 10 rings (SSSR count). The summed E-state index contributed by atoms with van der Waals surface area (Å²) >= 11 is 1.86. The molecule has 0 saturated carbocycles. The Morgan fingerprint density at radius 1 is 0.408 bits per heavy atom. The summed E-state index contributed by atoms with van der Waals surface area (Å²) in [5.41, 5.74) is 9.99. The highest BCUT2D eigenvalue weighted by atomic mass is 32.1. The first-order valence-corrected chi connectivity index (χ1v) is 17.4. The van der Waals surface area contributed by atoms with Crippen LogP contribution in [0.2, 0.25) is 0 Å². The van der Waals surface area contributed by atoms with Crippen molar-refractivity contribution in [3.8, 4) is 22.3 Å². The summed E-state index contributed by atoms with van der Waals surface area (Å²) in [7, 11) is 0. The number of furan rings is 1. The zero-order valence-corrected chi connectivity index (χ0v) is 27.3. The molecule has 3 heteroatoms. The summed E-state index contributed by atoms with van der Waals surface area (Å²) in [5, 5.41) is 7.22. The topological polar surface area (TPSA) is 16.4 Å². The maximum Gasteiger partial charge on any atom is 0.137 e. The van der Waals surface area contributed by atoms with Crippen molar-refractivity contribution in [2.75, 3.05) is 4.90 Å². The first kappa shape index (κ1) is 27.9. The Hall–Kier alpha value is -6.16. The summed E-state index contributed by atoms with van der Waals surface area (Å²) in [4.78, 5) is 2.44. The van der Waals surface area contributed by atoms with E-state index >= 15 is 0 Å². The van der Waals surface area contributed by atoms with Crippen molar-refractivity contribution in [1.82, 2.24) is 0 Å². The van der Waals surface area contributed by atoms with Gasteiger partial charge >= 0.3 is 0 Å². The maximum absolute atomic E-state index is 6.47. The van der Waals surface area contributed by atoms with Crippen LogP contribution in [-0.2, 0) is 0 Å². The standard InChI is InChI=1S/C46H29NOS/c1-3-13-30(14-4-1)33-25-27-40(36-18-8-7-17-35(33)36)47(32-23-24-38-37-19-9-11-21-42(37)48-43(38)29-32)41-28-26-34(31-15-5-2-6-16-31)45-39-20-10-12-22-44(39)49-46(41)45/h1-29H. The molecule has 0 aliphatic rings. The normalized spacial score (nSPS) is 11.7. The van der Waals surface area contributed by atoms with Crippen LogP contribution in [0.4, 0.5) is 17.1 Å². The van der Waals surface area contributed by atoms with Crippen LogP contribution in [0.3, 0.4) is 0 Å². The van der Waals surface area contributed by atoms with Crippen LogP contribution < -0.4 is 4.90 Å². The third kappa shape index (κ3) is 4.47. The molecule has 0 radical (unpaired) electrons. The predicted octanol–water partition coefficient (Wildman–Crippen LogP) is 13.9. The van der Waals surface area contributed by atoms with Gasteiger partial charge in [-0.2, -0.15) is 0 Å². The van der Waals surface area contributed by atoms with Crippen LogP contribution in [-0.4, -0.2) is 0 Å². The summed E-state index contributed by atoms with van der Waals surface area (Å²) in [6.07, 6.45) is 0. The molecule has 10 aromatic rings. The van der Waals surface area contributed by atoms with Crippen LogP contribution in [0.1, 0.15) is 0 Å². The molecule has 0 spiro atoms. The zero-order valence-electron chi connectivity index (χ0n) is 26.5. The van der Waals surface area contributed by atoms with E-state index in [-0.39, 0.29) is 0 Å². The van der Waals surface area contributed by atoms with Gasteiger partial charge in [-0.25, -0.2) is 0 Å². The largest absolute Gasteiger partial charge is 0.456 e. The monoisotopic (exact) mass is 643 g/mol. The van der Waals surface area contributed by atoms with Gasteiger partial charge in [0.25, 0.3) is 0 Å². The quantitative estimate of drug-likeness (QED) is 0.186. The maximum atomic E-state index is 6.47. The van der Waals surface area contributed by atoms with Gasteiger partial charge in [0.2, 0.25) is 0 Å². The van der Waals surface area contributed by atoms with E-state index < -0.39 is 0 Å². The van der Waals surface area contributed by atoms with Gasteiger partial charge in [-0.05, 0) is 64.0 Å². The Morgan fingerprint density at radius 2 is 1.00 bits per heavy atom. The number of fused-ring (bicyclic) bond motifs is 7. The number of rotatable bonds is 5.